The van der Waals surface area contributed by atoms with Gasteiger partial charge in [-0.2, -0.15) is 5.10 Å². The predicted octanol–water partition coefficient (Wildman–Crippen LogP) is 3.01. The van der Waals surface area contributed by atoms with E-state index in [1.165, 1.54) is 0 Å². The molecule has 0 unspecified atom stereocenters. The van der Waals surface area contributed by atoms with E-state index in [0.29, 0.717) is 18.0 Å². The summed E-state index contributed by atoms with van der Waals surface area (Å²) in [6.07, 6.45) is 3.53. The highest BCUT2D eigenvalue weighted by Gasteiger charge is 2.35. The molecule has 0 aliphatic heterocycles. The van der Waals surface area contributed by atoms with Crippen LogP contribution in [0.4, 0.5) is 5.69 Å². The predicted molar refractivity (Wildman–Crippen MR) is 99.9 cm³/mol. The number of carbonyl (C=O) groups excluding carboxylic acids is 2. The lowest BCUT2D eigenvalue weighted by molar-refractivity contribution is 0.0909. The van der Waals surface area contributed by atoms with Gasteiger partial charge in [0.2, 0.25) is 0 Å². The van der Waals surface area contributed by atoms with E-state index in [1.807, 2.05) is 23.7 Å². The molecule has 0 saturated heterocycles. The molecule has 3 N–H and O–H groups in total. The fourth-order valence-electron chi connectivity index (χ4n) is 3.80. The van der Waals surface area contributed by atoms with Crippen LogP contribution in [0.15, 0.2) is 18.2 Å². The van der Waals surface area contributed by atoms with Gasteiger partial charge >= 0.3 is 0 Å². The zero-order valence-electron chi connectivity index (χ0n) is 15.4. The number of fused-ring (bicyclic) bond motifs is 1. The minimum atomic E-state index is -0.449. The zero-order valence-corrected chi connectivity index (χ0v) is 15.4. The fourth-order valence-corrected chi connectivity index (χ4v) is 3.80. The number of ketones is 1. The second-order valence-electron chi connectivity index (χ2n) is 8.27. The molecule has 1 fully saturated rings. The zero-order chi connectivity index (χ0) is 18.6. The van der Waals surface area contributed by atoms with Gasteiger partial charge in [-0.25, -0.2) is 4.68 Å². The van der Waals surface area contributed by atoms with Crippen LogP contribution in [0.5, 0.6) is 0 Å². The Morgan fingerprint density at radius 2 is 2.04 bits per heavy atom. The summed E-state index contributed by atoms with van der Waals surface area (Å²) in [4.78, 5) is 24.4. The monoisotopic (exact) mass is 352 g/mol. The number of primary amides is 1. The Labute approximate surface area is 152 Å². The second kappa shape index (κ2) is 5.69. The van der Waals surface area contributed by atoms with E-state index < -0.39 is 5.91 Å². The number of Topliss-reactive ketones (excluding diaryl/α,β-unsaturated/α-hetero) is 1. The maximum atomic E-state index is 12.6. The first-order valence-electron chi connectivity index (χ1n) is 9.08. The Bertz CT molecular complexity index is 922. The number of aryl methyl sites for hydroxylation is 1. The number of amides is 1. The number of aromatic nitrogens is 2. The fraction of sp³-hybridized carbons (Fsp3) is 0.450. The van der Waals surface area contributed by atoms with Crippen molar-refractivity contribution in [3.63, 3.8) is 0 Å². The first-order chi connectivity index (χ1) is 12.2. The number of hydrogen-bond acceptors (Lipinski definition) is 4. The van der Waals surface area contributed by atoms with E-state index in [1.54, 1.807) is 6.07 Å². The molecule has 1 amide bonds. The van der Waals surface area contributed by atoms with Crippen LogP contribution in [0.3, 0.4) is 0 Å². The maximum absolute atomic E-state index is 12.6. The van der Waals surface area contributed by atoms with Crippen LogP contribution in [0, 0.1) is 12.3 Å². The molecule has 2 aliphatic carbocycles. The van der Waals surface area contributed by atoms with Gasteiger partial charge in [-0.1, -0.05) is 13.8 Å². The molecule has 26 heavy (non-hydrogen) atoms. The van der Waals surface area contributed by atoms with Crippen molar-refractivity contribution in [3.05, 3.63) is 40.7 Å². The van der Waals surface area contributed by atoms with Crippen LogP contribution in [0.2, 0.25) is 0 Å². The summed E-state index contributed by atoms with van der Waals surface area (Å²) >= 11 is 0. The number of hydrogen-bond donors (Lipinski definition) is 2. The van der Waals surface area contributed by atoms with E-state index in [0.717, 1.165) is 47.6 Å². The van der Waals surface area contributed by atoms with Crippen molar-refractivity contribution < 1.29 is 9.59 Å². The van der Waals surface area contributed by atoms with Gasteiger partial charge in [0.15, 0.2) is 5.78 Å². The highest BCUT2D eigenvalue weighted by atomic mass is 16.1. The SMILES string of the molecule is Cc1nn(-c2ccc(C(N)=O)c(NC3CC3)c2)c2c1C(=O)CC(C)(C)C2. The molecule has 6 heteroatoms. The third kappa shape index (κ3) is 2.89. The van der Waals surface area contributed by atoms with Crippen molar-refractivity contribution in [1.82, 2.24) is 9.78 Å². The van der Waals surface area contributed by atoms with E-state index in [-0.39, 0.29) is 11.2 Å². The lowest BCUT2D eigenvalue weighted by Crippen LogP contribution is -2.28. The Balaban J connectivity index is 1.82. The van der Waals surface area contributed by atoms with Crippen molar-refractivity contribution in [3.8, 4) is 5.69 Å². The van der Waals surface area contributed by atoms with Crippen LogP contribution in [-0.4, -0.2) is 27.5 Å². The lowest BCUT2D eigenvalue weighted by Gasteiger charge is -2.29. The second-order valence-corrected chi connectivity index (χ2v) is 8.27. The van der Waals surface area contributed by atoms with Crippen LogP contribution in [-0.2, 0) is 6.42 Å². The quantitative estimate of drug-likeness (QED) is 0.885. The first kappa shape index (κ1) is 16.8. The number of nitrogens with zero attached hydrogens (tertiary/aromatic N) is 2. The Morgan fingerprint density at radius 1 is 1.31 bits per heavy atom. The van der Waals surface area contributed by atoms with Gasteiger partial charge in [-0.3, -0.25) is 9.59 Å². The highest BCUT2D eigenvalue weighted by Crippen LogP contribution is 2.37. The molecule has 1 aromatic carbocycles. The van der Waals surface area contributed by atoms with Gasteiger partial charge < -0.3 is 11.1 Å². The number of benzene rings is 1. The van der Waals surface area contributed by atoms with Crippen molar-refractivity contribution in [2.45, 2.75) is 52.5 Å². The van der Waals surface area contributed by atoms with E-state index >= 15 is 0 Å². The summed E-state index contributed by atoms with van der Waals surface area (Å²) in [7, 11) is 0. The van der Waals surface area contributed by atoms with Crippen molar-refractivity contribution in [2.75, 3.05) is 5.32 Å². The Hall–Kier alpha value is -2.63. The summed E-state index contributed by atoms with van der Waals surface area (Å²) in [6.45, 7) is 6.10. The number of nitrogens with one attached hydrogen (secondary N) is 1. The molecule has 0 bridgehead atoms. The van der Waals surface area contributed by atoms with Gasteiger partial charge in [0.1, 0.15) is 0 Å². The molecule has 0 atom stereocenters. The summed E-state index contributed by atoms with van der Waals surface area (Å²) in [5.74, 6) is -0.292. The summed E-state index contributed by atoms with van der Waals surface area (Å²) in [5.41, 5.74) is 9.96. The molecular formula is C20H24N4O2. The first-order valence-corrected chi connectivity index (χ1v) is 9.08. The maximum Gasteiger partial charge on any atom is 0.250 e. The lowest BCUT2D eigenvalue weighted by atomic mass is 9.75. The molecule has 4 rings (SSSR count). The van der Waals surface area contributed by atoms with Crippen molar-refractivity contribution in [1.29, 1.82) is 0 Å². The summed E-state index contributed by atoms with van der Waals surface area (Å²) in [6, 6.07) is 5.90. The third-order valence-electron chi connectivity index (χ3n) is 5.17. The van der Waals surface area contributed by atoms with E-state index in [9.17, 15) is 9.59 Å². The molecular weight excluding hydrogens is 328 g/mol. The molecule has 1 heterocycles. The van der Waals surface area contributed by atoms with Gasteiger partial charge in [-0.05, 0) is 49.8 Å². The molecule has 1 aromatic heterocycles. The molecule has 6 nitrogen and oxygen atoms in total. The smallest absolute Gasteiger partial charge is 0.250 e. The van der Waals surface area contributed by atoms with Gasteiger partial charge in [0.05, 0.1) is 28.2 Å². The topological polar surface area (TPSA) is 90.0 Å². The minimum Gasteiger partial charge on any atom is -0.382 e. The molecule has 2 aliphatic rings. The van der Waals surface area contributed by atoms with Crippen LogP contribution in [0.25, 0.3) is 5.69 Å². The molecule has 136 valence electrons. The molecule has 0 radical (unpaired) electrons. The summed E-state index contributed by atoms with van der Waals surface area (Å²) in [5, 5.41) is 8.02. The van der Waals surface area contributed by atoms with Gasteiger partial charge in [-0.15, -0.1) is 0 Å². The van der Waals surface area contributed by atoms with E-state index in [4.69, 9.17) is 5.73 Å². The average Bonchev–Trinajstić information content (AvgIpc) is 3.28. The van der Waals surface area contributed by atoms with Crippen molar-refractivity contribution in [2.24, 2.45) is 11.1 Å². The van der Waals surface area contributed by atoms with Gasteiger partial charge in [0, 0.05) is 18.2 Å². The molecule has 1 saturated carbocycles. The number of carbonyl (C=O) groups is 2. The third-order valence-corrected chi connectivity index (χ3v) is 5.17. The molecule has 0 spiro atoms. The Morgan fingerprint density at radius 3 is 2.69 bits per heavy atom. The van der Waals surface area contributed by atoms with Crippen LogP contribution < -0.4 is 11.1 Å². The average molecular weight is 352 g/mol. The molecule has 2 aromatic rings. The van der Waals surface area contributed by atoms with Crippen LogP contribution >= 0.6 is 0 Å². The highest BCUT2D eigenvalue weighted by molar-refractivity contribution is 6.00. The normalized spacial score (nSPS) is 18.5. The Kier molecular flexibility index (Phi) is 3.68. The van der Waals surface area contributed by atoms with Crippen LogP contribution in [0.1, 0.15) is 65.2 Å². The standard InChI is InChI=1S/C20H24N4O2/c1-11-18-16(9-20(2,3)10-17(18)25)24(23-11)13-6-7-14(19(21)26)15(8-13)22-12-4-5-12/h6-8,12,22H,4-5,9-10H2,1-3H3,(H2,21,26). The number of rotatable bonds is 4. The number of nitrogens with two attached hydrogens (primary N) is 1. The van der Waals surface area contributed by atoms with E-state index in [2.05, 4.69) is 24.3 Å². The largest absolute Gasteiger partial charge is 0.382 e. The van der Waals surface area contributed by atoms with Gasteiger partial charge in [0.25, 0.3) is 5.91 Å². The van der Waals surface area contributed by atoms with Crippen molar-refractivity contribution >= 4 is 17.4 Å². The minimum absolute atomic E-state index is 0.0867. The summed E-state index contributed by atoms with van der Waals surface area (Å²) < 4.78 is 1.85. The number of anilines is 1.